The van der Waals surface area contributed by atoms with Crippen LogP contribution in [0.2, 0.25) is 0 Å². The molecule has 2 aromatic carbocycles. The second-order valence-corrected chi connectivity index (χ2v) is 8.33. The highest BCUT2D eigenvalue weighted by molar-refractivity contribution is 7.99. The summed E-state index contributed by atoms with van der Waals surface area (Å²) in [6.45, 7) is 3.20. The molecule has 4 rings (SSSR count). The third-order valence-electron chi connectivity index (χ3n) is 5.48. The van der Waals surface area contributed by atoms with E-state index >= 15 is 0 Å². The first kappa shape index (κ1) is 22.0. The summed E-state index contributed by atoms with van der Waals surface area (Å²) in [4.78, 5) is 17.2. The maximum Gasteiger partial charge on any atom is 0.233 e. The van der Waals surface area contributed by atoms with E-state index in [0.717, 1.165) is 48.9 Å². The molecule has 1 saturated heterocycles. The summed E-state index contributed by atoms with van der Waals surface area (Å²) in [7, 11) is 3.31. The summed E-state index contributed by atoms with van der Waals surface area (Å²) in [6.07, 6.45) is 2.59. The third kappa shape index (κ3) is 5.16. The maximum absolute atomic E-state index is 12.9. The van der Waals surface area contributed by atoms with Crippen molar-refractivity contribution in [1.29, 1.82) is 0 Å². The van der Waals surface area contributed by atoms with Crippen LogP contribution in [0.5, 0.6) is 11.5 Å². The minimum absolute atomic E-state index is 0.121. The average Bonchev–Trinajstić information content (AvgIpc) is 3.18. The monoisotopic (exact) mass is 453 g/mol. The molecule has 0 bridgehead atoms. The van der Waals surface area contributed by atoms with Crippen molar-refractivity contribution in [1.82, 2.24) is 19.7 Å². The maximum atomic E-state index is 12.9. The standard InChI is InChI=1S/C23H27N5O3S/c1-30-20-8-4-18(5-9-20)26-12-3-13-27(15-14-26)22(29)16-32-23-25-24-17-28(23)19-6-10-21(31-2)11-7-19/h4-11,17H,3,12-16H2,1-2H3. The number of benzene rings is 2. The molecule has 1 aliphatic heterocycles. The zero-order valence-corrected chi connectivity index (χ0v) is 19.1. The van der Waals surface area contributed by atoms with Crippen LogP contribution in [0.1, 0.15) is 6.42 Å². The predicted octanol–water partition coefficient (Wildman–Crippen LogP) is 3.12. The highest BCUT2D eigenvalue weighted by Gasteiger charge is 2.20. The fourth-order valence-corrected chi connectivity index (χ4v) is 4.51. The molecule has 0 aliphatic carbocycles. The molecule has 32 heavy (non-hydrogen) atoms. The zero-order chi connectivity index (χ0) is 22.3. The Bertz CT molecular complexity index is 1020. The SMILES string of the molecule is COc1ccc(N2CCCN(C(=O)CSc3nncn3-c3ccc(OC)cc3)CC2)cc1. The van der Waals surface area contributed by atoms with Gasteiger partial charge in [-0.1, -0.05) is 11.8 Å². The van der Waals surface area contributed by atoms with Crippen LogP contribution in [0.4, 0.5) is 5.69 Å². The van der Waals surface area contributed by atoms with Crippen LogP contribution in [0.25, 0.3) is 5.69 Å². The van der Waals surface area contributed by atoms with E-state index in [4.69, 9.17) is 9.47 Å². The second kappa shape index (κ2) is 10.4. The Morgan fingerprint density at radius 3 is 2.22 bits per heavy atom. The zero-order valence-electron chi connectivity index (χ0n) is 18.3. The Morgan fingerprint density at radius 1 is 0.906 bits per heavy atom. The highest BCUT2D eigenvalue weighted by Crippen LogP contribution is 2.23. The van der Waals surface area contributed by atoms with Crippen molar-refractivity contribution in [2.24, 2.45) is 0 Å². The third-order valence-corrected chi connectivity index (χ3v) is 6.41. The first-order chi connectivity index (χ1) is 15.7. The molecule has 0 atom stereocenters. The number of hydrogen-bond acceptors (Lipinski definition) is 7. The fraction of sp³-hybridized carbons (Fsp3) is 0.348. The van der Waals surface area contributed by atoms with Gasteiger partial charge in [-0.2, -0.15) is 0 Å². The van der Waals surface area contributed by atoms with Gasteiger partial charge >= 0.3 is 0 Å². The molecule has 0 saturated carbocycles. The van der Waals surface area contributed by atoms with E-state index in [1.54, 1.807) is 20.5 Å². The fourth-order valence-electron chi connectivity index (χ4n) is 3.68. The summed E-state index contributed by atoms with van der Waals surface area (Å²) in [6, 6.07) is 15.7. The van der Waals surface area contributed by atoms with E-state index in [1.807, 2.05) is 45.9 Å². The van der Waals surface area contributed by atoms with Crippen LogP contribution < -0.4 is 14.4 Å². The van der Waals surface area contributed by atoms with Gasteiger partial charge in [-0.05, 0) is 55.0 Å². The van der Waals surface area contributed by atoms with Gasteiger partial charge in [0.15, 0.2) is 5.16 Å². The Hall–Kier alpha value is -3.20. The number of rotatable bonds is 7. The average molecular weight is 454 g/mol. The second-order valence-electron chi connectivity index (χ2n) is 7.39. The van der Waals surface area contributed by atoms with Crippen LogP contribution in [-0.4, -0.2) is 71.7 Å². The molecule has 1 amide bonds. The minimum atomic E-state index is 0.121. The number of aromatic nitrogens is 3. The quantitative estimate of drug-likeness (QED) is 0.509. The smallest absolute Gasteiger partial charge is 0.233 e. The van der Waals surface area contributed by atoms with Gasteiger partial charge in [0.2, 0.25) is 5.91 Å². The van der Waals surface area contributed by atoms with Crippen LogP contribution >= 0.6 is 11.8 Å². The largest absolute Gasteiger partial charge is 0.497 e. The summed E-state index contributed by atoms with van der Waals surface area (Å²) in [5, 5.41) is 8.91. The van der Waals surface area contributed by atoms with Gasteiger partial charge < -0.3 is 19.3 Å². The molecule has 0 radical (unpaired) electrons. The molecule has 1 aliphatic rings. The molecular formula is C23H27N5O3S. The van der Waals surface area contributed by atoms with Crippen molar-refractivity contribution in [3.8, 4) is 17.2 Å². The molecule has 168 valence electrons. The summed E-state index contributed by atoms with van der Waals surface area (Å²) in [5.74, 6) is 2.09. The Morgan fingerprint density at radius 2 is 1.56 bits per heavy atom. The highest BCUT2D eigenvalue weighted by atomic mass is 32.2. The Labute approximate surface area is 192 Å². The molecule has 3 aromatic rings. The van der Waals surface area contributed by atoms with E-state index in [0.29, 0.717) is 17.5 Å². The topological polar surface area (TPSA) is 72.7 Å². The van der Waals surface area contributed by atoms with Gasteiger partial charge in [0.05, 0.1) is 20.0 Å². The van der Waals surface area contributed by atoms with Crippen molar-refractivity contribution in [3.05, 3.63) is 54.9 Å². The molecule has 9 heteroatoms. The van der Waals surface area contributed by atoms with Crippen molar-refractivity contribution in [3.63, 3.8) is 0 Å². The molecule has 0 N–H and O–H groups in total. The Balaban J connectivity index is 1.33. The number of carbonyl (C=O) groups excluding carboxylic acids is 1. The normalized spacial score (nSPS) is 14.2. The van der Waals surface area contributed by atoms with E-state index < -0.39 is 0 Å². The first-order valence-corrected chi connectivity index (χ1v) is 11.5. The number of methoxy groups -OCH3 is 2. The van der Waals surface area contributed by atoms with Crippen molar-refractivity contribution >= 4 is 23.4 Å². The lowest BCUT2D eigenvalue weighted by molar-refractivity contribution is -0.128. The van der Waals surface area contributed by atoms with Crippen molar-refractivity contribution in [2.45, 2.75) is 11.6 Å². The van der Waals surface area contributed by atoms with E-state index in [9.17, 15) is 4.79 Å². The van der Waals surface area contributed by atoms with Gasteiger partial charge in [0.1, 0.15) is 17.8 Å². The first-order valence-electron chi connectivity index (χ1n) is 10.5. The molecular weight excluding hydrogens is 426 g/mol. The van der Waals surface area contributed by atoms with Crippen molar-refractivity contribution in [2.75, 3.05) is 51.1 Å². The van der Waals surface area contributed by atoms with Crippen LogP contribution in [0, 0.1) is 0 Å². The van der Waals surface area contributed by atoms with Crippen LogP contribution in [0.3, 0.4) is 0 Å². The number of anilines is 1. The van der Waals surface area contributed by atoms with Crippen LogP contribution in [0.15, 0.2) is 60.0 Å². The van der Waals surface area contributed by atoms with Crippen LogP contribution in [-0.2, 0) is 4.79 Å². The number of ether oxygens (including phenoxy) is 2. The number of amides is 1. The molecule has 8 nitrogen and oxygen atoms in total. The summed E-state index contributed by atoms with van der Waals surface area (Å²) < 4.78 is 12.3. The molecule has 0 unspecified atom stereocenters. The van der Waals surface area contributed by atoms with E-state index in [1.165, 1.54) is 11.8 Å². The van der Waals surface area contributed by atoms with Gasteiger partial charge in [-0.25, -0.2) is 0 Å². The number of thioether (sulfide) groups is 1. The number of nitrogens with zero attached hydrogens (tertiary/aromatic N) is 5. The summed E-state index contributed by atoms with van der Waals surface area (Å²) >= 11 is 1.41. The van der Waals surface area contributed by atoms with E-state index in [-0.39, 0.29) is 5.91 Å². The lowest BCUT2D eigenvalue weighted by Crippen LogP contribution is -2.36. The molecule has 0 spiro atoms. The van der Waals surface area contributed by atoms with Gasteiger partial charge in [-0.3, -0.25) is 9.36 Å². The Kier molecular flexibility index (Phi) is 7.16. The van der Waals surface area contributed by atoms with Gasteiger partial charge in [0.25, 0.3) is 0 Å². The van der Waals surface area contributed by atoms with Gasteiger partial charge in [-0.15, -0.1) is 10.2 Å². The van der Waals surface area contributed by atoms with Crippen molar-refractivity contribution < 1.29 is 14.3 Å². The van der Waals surface area contributed by atoms with Gasteiger partial charge in [0, 0.05) is 37.6 Å². The lowest BCUT2D eigenvalue weighted by atomic mass is 10.2. The molecule has 1 aromatic heterocycles. The van der Waals surface area contributed by atoms with E-state index in [2.05, 4.69) is 27.2 Å². The lowest BCUT2D eigenvalue weighted by Gasteiger charge is -2.24. The number of carbonyl (C=O) groups is 1. The molecule has 2 heterocycles. The summed E-state index contributed by atoms with van der Waals surface area (Å²) in [5.41, 5.74) is 2.08. The predicted molar refractivity (Wildman–Crippen MR) is 125 cm³/mol. The molecule has 1 fully saturated rings. The minimum Gasteiger partial charge on any atom is -0.497 e. The number of hydrogen-bond donors (Lipinski definition) is 0.